The van der Waals surface area contributed by atoms with E-state index in [1.807, 2.05) is 18.3 Å². The molecule has 4 nitrogen and oxygen atoms in total. The van der Waals surface area contributed by atoms with E-state index in [2.05, 4.69) is 46.0 Å². The van der Waals surface area contributed by atoms with Crippen LogP contribution in [0.4, 0.5) is 5.82 Å². The molecule has 0 atom stereocenters. The molecule has 0 spiro atoms. The number of halogens is 1. The predicted octanol–water partition coefficient (Wildman–Crippen LogP) is 4.31. The molecule has 1 aliphatic rings. The summed E-state index contributed by atoms with van der Waals surface area (Å²) in [7, 11) is 1.70. The van der Waals surface area contributed by atoms with E-state index < -0.39 is 0 Å². The highest BCUT2D eigenvalue weighted by atomic mass is 35.5. The van der Waals surface area contributed by atoms with Gasteiger partial charge in [0.25, 0.3) is 0 Å². The van der Waals surface area contributed by atoms with E-state index in [0.29, 0.717) is 0 Å². The highest BCUT2D eigenvalue weighted by Gasteiger charge is 2.14. The van der Waals surface area contributed by atoms with Gasteiger partial charge in [0, 0.05) is 25.8 Å². The lowest BCUT2D eigenvalue weighted by Gasteiger charge is -2.31. The third-order valence-corrected chi connectivity index (χ3v) is 4.89. The molecule has 0 N–H and O–H groups in total. The Morgan fingerprint density at radius 1 is 1.08 bits per heavy atom. The van der Waals surface area contributed by atoms with Gasteiger partial charge in [0.15, 0.2) is 0 Å². The molecule has 0 amide bonds. The van der Waals surface area contributed by atoms with Crippen LogP contribution in [0.5, 0.6) is 5.75 Å². The number of piperidine rings is 1. The SMILES string of the molecule is COc1ccc(CN(CCN2CCCCC2)c2cc(C)ccn2)cc1.Cl. The quantitative estimate of drug-likeness (QED) is 0.720. The summed E-state index contributed by atoms with van der Waals surface area (Å²) in [6.45, 7) is 7.57. The Labute approximate surface area is 163 Å². The standard InChI is InChI=1S/C21H29N3O.ClH/c1-18-10-11-22-21(16-18)24(15-14-23-12-4-3-5-13-23)17-19-6-8-20(25-2)9-7-19;/h6-11,16H,3-5,12-15,17H2,1-2H3;1H. The maximum atomic E-state index is 5.27. The lowest BCUT2D eigenvalue weighted by atomic mass is 10.1. The summed E-state index contributed by atoms with van der Waals surface area (Å²) in [6.07, 6.45) is 5.96. The summed E-state index contributed by atoms with van der Waals surface area (Å²) in [5, 5.41) is 0. The molecule has 0 aliphatic carbocycles. The lowest BCUT2D eigenvalue weighted by molar-refractivity contribution is 0.233. The van der Waals surface area contributed by atoms with Crippen molar-refractivity contribution >= 4 is 18.2 Å². The summed E-state index contributed by atoms with van der Waals surface area (Å²) < 4.78 is 5.27. The fourth-order valence-corrected chi connectivity index (χ4v) is 3.36. The van der Waals surface area contributed by atoms with Gasteiger partial charge in [-0.3, -0.25) is 0 Å². The summed E-state index contributed by atoms with van der Waals surface area (Å²) in [5.41, 5.74) is 2.53. The molecule has 2 aromatic rings. The van der Waals surface area contributed by atoms with Gasteiger partial charge in [-0.15, -0.1) is 12.4 Å². The van der Waals surface area contributed by atoms with Crippen molar-refractivity contribution in [1.82, 2.24) is 9.88 Å². The van der Waals surface area contributed by atoms with Crippen LogP contribution in [0.3, 0.4) is 0 Å². The summed E-state index contributed by atoms with van der Waals surface area (Å²) >= 11 is 0. The molecule has 5 heteroatoms. The van der Waals surface area contributed by atoms with Gasteiger partial charge < -0.3 is 14.5 Å². The Kier molecular flexibility index (Phi) is 8.20. The number of aromatic nitrogens is 1. The number of methoxy groups -OCH3 is 1. The third-order valence-electron chi connectivity index (χ3n) is 4.89. The molecule has 2 heterocycles. The minimum Gasteiger partial charge on any atom is -0.497 e. The van der Waals surface area contributed by atoms with E-state index in [9.17, 15) is 0 Å². The van der Waals surface area contributed by atoms with Crippen LogP contribution in [0.2, 0.25) is 0 Å². The van der Waals surface area contributed by atoms with Crippen molar-refractivity contribution in [3.05, 3.63) is 53.7 Å². The molecule has 1 aromatic carbocycles. The number of pyridine rings is 1. The maximum absolute atomic E-state index is 5.27. The van der Waals surface area contributed by atoms with E-state index >= 15 is 0 Å². The minimum atomic E-state index is 0. The van der Waals surface area contributed by atoms with Crippen LogP contribution in [-0.2, 0) is 6.54 Å². The van der Waals surface area contributed by atoms with Gasteiger partial charge in [-0.1, -0.05) is 18.6 Å². The Bertz CT molecular complexity index is 657. The zero-order chi connectivity index (χ0) is 17.5. The number of hydrogen-bond donors (Lipinski definition) is 0. The number of ether oxygens (including phenoxy) is 1. The first-order valence-corrected chi connectivity index (χ1v) is 9.27. The number of hydrogen-bond acceptors (Lipinski definition) is 4. The molecule has 0 saturated carbocycles. The Morgan fingerprint density at radius 3 is 2.46 bits per heavy atom. The molecule has 26 heavy (non-hydrogen) atoms. The molecule has 1 saturated heterocycles. The predicted molar refractivity (Wildman–Crippen MR) is 111 cm³/mol. The minimum absolute atomic E-state index is 0. The molecular weight excluding hydrogens is 346 g/mol. The van der Waals surface area contributed by atoms with Crippen molar-refractivity contribution in [2.24, 2.45) is 0 Å². The van der Waals surface area contributed by atoms with Crippen molar-refractivity contribution in [3.63, 3.8) is 0 Å². The molecule has 3 rings (SSSR count). The first-order valence-electron chi connectivity index (χ1n) is 9.27. The molecule has 142 valence electrons. The Hall–Kier alpha value is -1.78. The topological polar surface area (TPSA) is 28.6 Å². The molecule has 0 unspecified atom stereocenters. The van der Waals surface area contributed by atoms with Crippen molar-refractivity contribution in [1.29, 1.82) is 0 Å². The van der Waals surface area contributed by atoms with Gasteiger partial charge in [0.1, 0.15) is 11.6 Å². The van der Waals surface area contributed by atoms with Crippen LogP contribution in [0.25, 0.3) is 0 Å². The van der Waals surface area contributed by atoms with Gasteiger partial charge in [-0.05, 0) is 68.2 Å². The van der Waals surface area contributed by atoms with Crippen LogP contribution in [0, 0.1) is 6.92 Å². The van der Waals surface area contributed by atoms with E-state index in [1.54, 1.807) is 7.11 Å². The molecular formula is C21H30ClN3O. The zero-order valence-corrected chi connectivity index (χ0v) is 16.7. The Balaban J connectivity index is 0.00000243. The average molecular weight is 376 g/mol. The van der Waals surface area contributed by atoms with E-state index in [0.717, 1.165) is 31.2 Å². The van der Waals surface area contributed by atoms with Crippen LogP contribution >= 0.6 is 12.4 Å². The molecule has 1 fully saturated rings. The van der Waals surface area contributed by atoms with Crippen molar-refractivity contribution in [2.45, 2.75) is 32.7 Å². The summed E-state index contributed by atoms with van der Waals surface area (Å²) in [5.74, 6) is 1.96. The van der Waals surface area contributed by atoms with E-state index in [1.165, 1.54) is 43.5 Å². The number of likely N-dealkylation sites (tertiary alicyclic amines) is 1. The first kappa shape index (κ1) is 20.5. The third kappa shape index (κ3) is 5.89. The van der Waals surface area contributed by atoms with Crippen molar-refractivity contribution in [3.8, 4) is 5.75 Å². The highest BCUT2D eigenvalue weighted by Crippen LogP contribution is 2.18. The number of anilines is 1. The summed E-state index contributed by atoms with van der Waals surface area (Å²) in [4.78, 5) is 9.59. The fraction of sp³-hybridized carbons (Fsp3) is 0.476. The highest BCUT2D eigenvalue weighted by molar-refractivity contribution is 5.85. The van der Waals surface area contributed by atoms with Gasteiger partial charge >= 0.3 is 0 Å². The molecule has 1 aliphatic heterocycles. The first-order chi connectivity index (χ1) is 12.2. The van der Waals surface area contributed by atoms with Crippen LogP contribution in [0.1, 0.15) is 30.4 Å². The number of nitrogens with zero attached hydrogens (tertiary/aromatic N) is 3. The van der Waals surface area contributed by atoms with Gasteiger partial charge in [0.05, 0.1) is 7.11 Å². The molecule has 0 radical (unpaired) electrons. The lowest BCUT2D eigenvalue weighted by Crippen LogP contribution is -2.38. The van der Waals surface area contributed by atoms with Crippen LogP contribution in [-0.4, -0.2) is 43.2 Å². The second kappa shape index (κ2) is 10.4. The average Bonchev–Trinajstić information content (AvgIpc) is 2.66. The van der Waals surface area contributed by atoms with Gasteiger partial charge in [-0.25, -0.2) is 4.98 Å². The van der Waals surface area contributed by atoms with Crippen LogP contribution in [0.15, 0.2) is 42.6 Å². The fourth-order valence-electron chi connectivity index (χ4n) is 3.36. The molecule has 0 bridgehead atoms. The van der Waals surface area contributed by atoms with E-state index in [4.69, 9.17) is 4.74 Å². The maximum Gasteiger partial charge on any atom is 0.129 e. The second-order valence-electron chi connectivity index (χ2n) is 6.86. The van der Waals surface area contributed by atoms with Gasteiger partial charge in [0.2, 0.25) is 0 Å². The zero-order valence-electron chi connectivity index (χ0n) is 15.9. The monoisotopic (exact) mass is 375 g/mol. The van der Waals surface area contributed by atoms with E-state index in [-0.39, 0.29) is 12.4 Å². The number of rotatable bonds is 7. The Morgan fingerprint density at radius 2 is 1.81 bits per heavy atom. The summed E-state index contributed by atoms with van der Waals surface area (Å²) in [6, 6.07) is 12.6. The number of benzene rings is 1. The van der Waals surface area contributed by atoms with Crippen LogP contribution < -0.4 is 9.64 Å². The van der Waals surface area contributed by atoms with Gasteiger partial charge in [-0.2, -0.15) is 0 Å². The van der Waals surface area contributed by atoms with Crippen molar-refractivity contribution in [2.75, 3.05) is 38.2 Å². The largest absolute Gasteiger partial charge is 0.497 e. The number of aryl methyl sites for hydroxylation is 1. The van der Waals surface area contributed by atoms with Crippen molar-refractivity contribution < 1.29 is 4.74 Å². The second-order valence-corrected chi connectivity index (χ2v) is 6.86. The normalized spacial score (nSPS) is 14.5. The molecule has 1 aromatic heterocycles. The smallest absolute Gasteiger partial charge is 0.129 e.